The third-order valence-electron chi connectivity index (χ3n) is 3.66. The van der Waals surface area contributed by atoms with Crippen molar-refractivity contribution in [2.45, 2.75) is 31.7 Å². The molecule has 6 heteroatoms. The van der Waals surface area contributed by atoms with E-state index in [1.54, 1.807) is 0 Å². The van der Waals surface area contributed by atoms with E-state index in [1.807, 2.05) is 0 Å². The van der Waals surface area contributed by atoms with Gasteiger partial charge in [0.25, 0.3) is 5.91 Å². The maximum atomic E-state index is 11.9. The summed E-state index contributed by atoms with van der Waals surface area (Å²) in [6, 6.07) is 0.197. The minimum Gasteiger partial charge on any atom is -0.349 e. The van der Waals surface area contributed by atoms with Crippen molar-refractivity contribution in [3.63, 3.8) is 0 Å². The van der Waals surface area contributed by atoms with Crippen molar-refractivity contribution >= 4 is 29.1 Å². The topological polar surface area (TPSA) is 70.2 Å². The lowest BCUT2D eigenvalue weighted by Crippen LogP contribution is -2.31. The number of rotatable bonds is 0. The molecule has 2 aliphatic heterocycles. The number of carbonyl (C=O) groups excluding carboxylic acids is 2. The molecule has 2 unspecified atom stereocenters. The molecule has 2 saturated heterocycles. The Bertz CT molecular complexity index is 458. The van der Waals surface area contributed by atoms with Crippen LogP contribution in [0, 0.1) is 5.92 Å². The highest BCUT2D eigenvalue weighted by molar-refractivity contribution is 7.80. The number of fused-ring (bicyclic) bond motifs is 1. The number of hydrogen-bond acceptors (Lipinski definition) is 3. The van der Waals surface area contributed by atoms with Gasteiger partial charge < -0.3 is 10.6 Å². The second-order valence-corrected chi connectivity index (χ2v) is 5.08. The molecule has 0 spiro atoms. The Morgan fingerprint density at radius 1 is 1.06 bits per heavy atom. The molecular formula is C11H13N3O2S. The van der Waals surface area contributed by atoms with Gasteiger partial charge in [-0.25, -0.2) is 0 Å². The maximum Gasteiger partial charge on any atom is 0.274 e. The molecule has 17 heavy (non-hydrogen) atoms. The Balaban J connectivity index is 2.01. The Kier molecular flexibility index (Phi) is 2.39. The third kappa shape index (κ3) is 1.63. The smallest absolute Gasteiger partial charge is 0.274 e. The normalized spacial score (nSPS) is 36.4. The third-order valence-corrected chi connectivity index (χ3v) is 3.86. The predicted molar refractivity (Wildman–Crippen MR) is 64.8 cm³/mol. The molecule has 90 valence electrons. The van der Waals surface area contributed by atoms with Crippen LogP contribution in [0.5, 0.6) is 0 Å². The average molecular weight is 251 g/mol. The van der Waals surface area contributed by atoms with E-state index in [1.165, 1.54) is 0 Å². The van der Waals surface area contributed by atoms with Gasteiger partial charge in [-0.1, -0.05) is 12.8 Å². The van der Waals surface area contributed by atoms with E-state index in [0.717, 1.165) is 25.7 Å². The Morgan fingerprint density at radius 2 is 1.82 bits per heavy atom. The van der Waals surface area contributed by atoms with Gasteiger partial charge in [-0.05, 0) is 25.1 Å². The first-order valence-electron chi connectivity index (χ1n) is 5.84. The number of nitrogens with one attached hydrogen (secondary N) is 3. The van der Waals surface area contributed by atoms with Gasteiger partial charge in [0.1, 0.15) is 5.70 Å². The van der Waals surface area contributed by atoms with Crippen LogP contribution >= 0.6 is 12.2 Å². The van der Waals surface area contributed by atoms with Gasteiger partial charge in [-0.15, -0.1) is 0 Å². The van der Waals surface area contributed by atoms with Crippen molar-refractivity contribution < 1.29 is 9.59 Å². The van der Waals surface area contributed by atoms with Crippen molar-refractivity contribution in [2.24, 2.45) is 5.92 Å². The SMILES string of the molecule is O=C1NC(=S)N/C1=C1/C(=O)NC2CCCCC12. The predicted octanol–water partition coefficient (Wildman–Crippen LogP) is -0.0666. The summed E-state index contributed by atoms with van der Waals surface area (Å²) >= 11 is 4.89. The summed E-state index contributed by atoms with van der Waals surface area (Å²) in [6.07, 6.45) is 4.21. The Morgan fingerprint density at radius 3 is 2.53 bits per heavy atom. The van der Waals surface area contributed by atoms with Gasteiger partial charge in [0, 0.05) is 12.0 Å². The summed E-state index contributed by atoms with van der Waals surface area (Å²) in [5, 5.41) is 8.54. The van der Waals surface area contributed by atoms with Gasteiger partial charge in [0.05, 0.1) is 5.57 Å². The molecule has 0 aromatic heterocycles. The second kappa shape index (κ2) is 3.80. The number of thiocarbonyl (C=S) groups is 1. The van der Waals surface area contributed by atoms with Gasteiger partial charge in [-0.2, -0.15) is 0 Å². The molecule has 3 N–H and O–H groups in total. The molecular weight excluding hydrogens is 238 g/mol. The zero-order valence-electron chi connectivity index (χ0n) is 9.21. The van der Waals surface area contributed by atoms with Crippen molar-refractivity contribution in [1.29, 1.82) is 0 Å². The zero-order chi connectivity index (χ0) is 12.0. The first-order chi connectivity index (χ1) is 8.16. The zero-order valence-corrected chi connectivity index (χ0v) is 10.0. The minimum atomic E-state index is -0.286. The van der Waals surface area contributed by atoms with E-state index in [0.29, 0.717) is 11.3 Å². The van der Waals surface area contributed by atoms with E-state index < -0.39 is 0 Å². The maximum absolute atomic E-state index is 11.9. The lowest BCUT2D eigenvalue weighted by molar-refractivity contribution is -0.118. The van der Waals surface area contributed by atoms with Crippen LogP contribution in [0.3, 0.4) is 0 Å². The van der Waals surface area contributed by atoms with Crippen LogP contribution in [0.1, 0.15) is 25.7 Å². The monoisotopic (exact) mass is 251 g/mol. The van der Waals surface area contributed by atoms with Crippen molar-refractivity contribution in [3.05, 3.63) is 11.3 Å². The van der Waals surface area contributed by atoms with E-state index in [4.69, 9.17) is 12.2 Å². The number of carbonyl (C=O) groups is 2. The summed E-state index contributed by atoms with van der Waals surface area (Å²) in [4.78, 5) is 23.6. The molecule has 2 amide bonds. The van der Waals surface area contributed by atoms with E-state index >= 15 is 0 Å². The highest BCUT2D eigenvalue weighted by Gasteiger charge is 2.43. The van der Waals surface area contributed by atoms with Crippen LogP contribution in [-0.2, 0) is 9.59 Å². The van der Waals surface area contributed by atoms with Gasteiger partial charge in [-0.3, -0.25) is 14.9 Å². The molecule has 2 atom stereocenters. The largest absolute Gasteiger partial charge is 0.349 e. The van der Waals surface area contributed by atoms with E-state index in [-0.39, 0.29) is 28.9 Å². The highest BCUT2D eigenvalue weighted by atomic mass is 32.1. The summed E-state index contributed by atoms with van der Waals surface area (Å²) in [5.41, 5.74) is 0.939. The van der Waals surface area contributed by atoms with Crippen molar-refractivity contribution in [2.75, 3.05) is 0 Å². The average Bonchev–Trinajstić information content (AvgIpc) is 2.77. The Hall–Kier alpha value is -1.43. The summed E-state index contributed by atoms with van der Waals surface area (Å²) < 4.78 is 0. The molecule has 3 fully saturated rings. The standard InChI is InChI=1S/C11H13N3O2S/c15-9-7(8-10(16)14-11(17)13-8)5-3-1-2-4-6(5)12-9/h5-6H,1-4H2,(H,12,15)(H2,13,14,16,17)/b8-7+. The molecule has 1 saturated carbocycles. The molecule has 3 rings (SSSR count). The summed E-state index contributed by atoms with van der Waals surface area (Å²) in [7, 11) is 0. The lowest BCUT2D eigenvalue weighted by atomic mass is 9.82. The molecule has 0 aromatic rings. The lowest BCUT2D eigenvalue weighted by Gasteiger charge is -2.24. The quantitative estimate of drug-likeness (QED) is 0.416. The molecule has 3 aliphatic rings. The van der Waals surface area contributed by atoms with Crippen LogP contribution in [0.2, 0.25) is 0 Å². The number of amides is 2. The molecule has 1 aliphatic carbocycles. The fraction of sp³-hybridized carbons (Fsp3) is 0.545. The first-order valence-corrected chi connectivity index (χ1v) is 6.25. The fourth-order valence-electron chi connectivity index (χ4n) is 2.92. The minimum absolute atomic E-state index is 0.121. The van der Waals surface area contributed by atoms with Crippen LogP contribution in [0.4, 0.5) is 0 Å². The van der Waals surface area contributed by atoms with Crippen LogP contribution in [-0.4, -0.2) is 23.0 Å². The van der Waals surface area contributed by atoms with Gasteiger partial charge >= 0.3 is 0 Å². The summed E-state index contributed by atoms with van der Waals surface area (Å²) in [6.45, 7) is 0. The fourth-order valence-corrected chi connectivity index (χ4v) is 3.11. The van der Waals surface area contributed by atoms with Crippen molar-refractivity contribution in [1.82, 2.24) is 16.0 Å². The van der Waals surface area contributed by atoms with Gasteiger partial charge in [0.15, 0.2) is 5.11 Å². The number of hydrogen-bond donors (Lipinski definition) is 3. The molecule has 0 radical (unpaired) electrons. The van der Waals surface area contributed by atoms with Crippen molar-refractivity contribution in [3.8, 4) is 0 Å². The molecule has 5 nitrogen and oxygen atoms in total. The molecule has 2 heterocycles. The van der Waals surface area contributed by atoms with E-state index in [9.17, 15) is 9.59 Å². The first kappa shape index (κ1) is 10.7. The van der Waals surface area contributed by atoms with Crippen LogP contribution in [0.25, 0.3) is 0 Å². The molecule has 0 bridgehead atoms. The van der Waals surface area contributed by atoms with Gasteiger partial charge in [0.2, 0.25) is 5.91 Å². The summed E-state index contributed by atoms with van der Waals surface area (Å²) in [5.74, 6) is -0.249. The molecule has 0 aromatic carbocycles. The van der Waals surface area contributed by atoms with Crippen LogP contribution in [0.15, 0.2) is 11.3 Å². The van der Waals surface area contributed by atoms with E-state index in [2.05, 4.69) is 16.0 Å². The Labute approximate surface area is 104 Å². The van der Waals surface area contributed by atoms with Crippen LogP contribution < -0.4 is 16.0 Å². The highest BCUT2D eigenvalue weighted by Crippen LogP contribution is 2.36. The second-order valence-electron chi connectivity index (χ2n) is 4.67.